The van der Waals surface area contributed by atoms with Crippen molar-refractivity contribution in [2.45, 2.75) is 32.2 Å². The van der Waals surface area contributed by atoms with E-state index in [4.69, 9.17) is 16.0 Å². The molecule has 0 heterocycles. The number of nitrogens with two attached hydrogens (primary N) is 1. The molecule has 0 aliphatic rings. The molecule has 6 nitrogen and oxygen atoms in total. The second kappa shape index (κ2) is 10.7. The fourth-order valence-electron chi connectivity index (χ4n) is 0.917. The fraction of sp³-hybridized carbons (Fsp3) is 0.750. The number of carboxylic acids is 1. The molecule has 0 spiro atoms. The van der Waals surface area contributed by atoms with Crippen molar-refractivity contribution in [3.8, 4) is 0 Å². The second-order valence-electron chi connectivity index (χ2n) is 3.05. The summed E-state index contributed by atoms with van der Waals surface area (Å²) in [5, 5.41) is 22.5. The Balaban J connectivity index is 0. The van der Waals surface area contributed by atoms with Crippen LogP contribution in [0.2, 0.25) is 0 Å². The van der Waals surface area contributed by atoms with Crippen LogP contribution in [0.5, 0.6) is 0 Å². The van der Waals surface area contributed by atoms with Crippen molar-refractivity contribution < 1.29 is 59.2 Å². The number of hydrogen-bond donors (Lipinski definition) is 4. The fourth-order valence-corrected chi connectivity index (χ4v) is 0.917. The van der Waals surface area contributed by atoms with Crippen molar-refractivity contribution in [2.24, 2.45) is 10.9 Å². The normalized spacial score (nSPS) is 12.8. The van der Waals surface area contributed by atoms with Crippen LogP contribution >= 0.6 is 0 Å². The molecule has 15 heavy (non-hydrogen) atoms. The van der Waals surface area contributed by atoms with E-state index in [9.17, 15) is 4.79 Å². The van der Waals surface area contributed by atoms with Crippen LogP contribution in [0.4, 0.5) is 0 Å². The molecule has 0 fully saturated rings. The van der Waals surface area contributed by atoms with E-state index in [1.54, 1.807) is 6.92 Å². The van der Waals surface area contributed by atoms with Crippen LogP contribution in [0.25, 0.3) is 0 Å². The first kappa shape index (κ1) is 17.5. The summed E-state index contributed by atoms with van der Waals surface area (Å²) in [4.78, 5) is 10.3. The van der Waals surface area contributed by atoms with Gasteiger partial charge in [0.25, 0.3) is 0 Å². The number of unbranched alkanes of at least 4 members (excludes halogenated alkanes) is 1. The van der Waals surface area contributed by atoms with Crippen molar-refractivity contribution >= 4 is 11.8 Å². The van der Waals surface area contributed by atoms with Crippen LogP contribution in [0.3, 0.4) is 0 Å². The minimum absolute atomic E-state index is 0. The van der Waals surface area contributed by atoms with Gasteiger partial charge in [-0.2, -0.15) is 0 Å². The topological polar surface area (TPSA) is 108 Å². The third-order valence-corrected chi connectivity index (χ3v) is 1.79. The quantitative estimate of drug-likeness (QED) is 0.156. The Kier molecular flexibility index (Phi) is 12.5. The minimum Gasteiger partial charge on any atom is -0.480 e. The third kappa shape index (κ3) is 10.4. The molecule has 0 amide bonds. The van der Waals surface area contributed by atoms with E-state index in [1.807, 2.05) is 0 Å². The molecule has 0 aromatic carbocycles. The van der Waals surface area contributed by atoms with E-state index < -0.39 is 12.0 Å². The summed E-state index contributed by atoms with van der Waals surface area (Å²) >= 11 is 0. The zero-order chi connectivity index (χ0) is 11.0. The van der Waals surface area contributed by atoms with Crippen LogP contribution in [0.1, 0.15) is 26.2 Å². The maximum atomic E-state index is 10.3. The van der Waals surface area contributed by atoms with Crippen LogP contribution < -0.4 is 11.1 Å². The van der Waals surface area contributed by atoms with Crippen LogP contribution in [-0.2, 0) is 4.79 Å². The van der Waals surface area contributed by atoms with E-state index in [-0.39, 0.29) is 44.1 Å². The van der Waals surface area contributed by atoms with Gasteiger partial charge in [-0.3, -0.25) is 4.79 Å². The smallest absolute Gasteiger partial charge is 0.320 e. The average Bonchev–Trinajstić information content (AvgIpc) is 2.16. The number of amidine groups is 1. The SMILES string of the molecule is C/C(=N/O)NCCCCC(N)C(=O)O.[Ac]. The molecule has 0 rings (SSSR count). The van der Waals surface area contributed by atoms with Gasteiger partial charge < -0.3 is 21.4 Å². The first-order chi connectivity index (χ1) is 6.57. The summed E-state index contributed by atoms with van der Waals surface area (Å²) in [5.41, 5.74) is 5.30. The Bertz CT molecular complexity index is 211. The van der Waals surface area contributed by atoms with Crippen LogP contribution in [-0.4, -0.2) is 34.7 Å². The van der Waals surface area contributed by atoms with Gasteiger partial charge in [0.05, 0.1) is 0 Å². The molecule has 5 N–H and O–H groups in total. The Hall–Kier alpha value is 0.142. The van der Waals surface area contributed by atoms with E-state index in [0.29, 0.717) is 18.8 Å². The van der Waals surface area contributed by atoms with Crippen molar-refractivity contribution in [2.75, 3.05) is 6.54 Å². The molecule has 0 saturated carbocycles. The minimum atomic E-state index is -0.967. The zero-order valence-electron chi connectivity index (χ0n) is 8.81. The molecule has 0 bridgehead atoms. The van der Waals surface area contributed by atoms with Gasteiger partial charge in [-0.15, -0.1) is 0 Å². The maximum Gasteiger partial charge on any atom is 0.320 e. The predicted molar refractivity (Wildman–Crippen MR) is 52.4 cm³/mol. The Labute approximate surface area is 125 Å². The molecule has 85 valence electrons. The summed E-state index contributed by atoms with van der Waals surface area (Å²) in [7, 11) is 0. The molecule has 0 aromatic heterocycles. The first-order valence-corrected chi connectivity index (χ1v) is 4.49. The predicted octanol–water partition coefficient (Wildman–Crippen LogP) is -0.0342. The molecule has 0 saturated heterocycles. The van der Waals surface area contributed by atoms with Gasteiger partial charge >= 0.3 is 5.97 Å². The zero-order valence-corrected chi connectivity index (χ0v) is 13.6. The van der Waals surface area contributed by atoms with Crippen molar-refractivity contribution in [3.05, 3.63) is 0 Å². The molecular formula is C8H17AcN3O3. The summed E-state index contributed by atoms with van der Waals surface area (Å²) in [6.45, 7) is 2.30. The van der Waals surface area contributed by atoms with Crippen molar-refractivity contribution in [1.82, 2.24) is 5.32 Å². The summed E-state index contributed by atoms with van der Waals surface area (Å²) < 4.78 is 0. The molecule has 7 heteroatoms. The average molecular weight is 430 g/mol. The van der Waals surface area contributed by atoms with Gasteiger partial charge in [-0.1, -0.05) is 5.16 Å². The van der Waals surface area contributed by atoms with Gasteiger partial charge in [0.15, 0.2) is 0 Å². The maximum absolute atomic E-state index is 10.3. The summed E-state index contributed by atoms with van der Waals surface area (Å²) in [6, 6.07) is -0.775. The van der Waals surface area contributed by atoms with Crippen molar-refractivity contribution in [1.29, 1.82) is 0 Å². The van der Waals surface area contributed by atoms with Crippen LogP contribution in [0.15, 0.2) is 5.16 Å². The number of carboxylic acid groups (broad SMARTS) is 1. The molecule has 1 unspecified atom stereocenters. The van der Waals surface area contributed by atoms with E-state index in [0.717, 1.165) is 12.8 Å². The monoisotopic (exact) mass is 430 g/mol. The number of nitrogens with one attached hydrogen (secondary N) is 1. The Morgan fingerprint density at radius 3 is 2.60 bits per heavy atom. The van der Waals surface area contributed by atoms with E-state index in [2.05, 4.69) is 10.5 Å². The number of oxime groups is 1. The van der Waals surface area contributed by atoms with Gasteiger partial charge in [0.1, 0.15) is 11.9 Å². The van der Waals surface area contributed by atoms with E-state index in [1.165, 1.54) is 0 Å². The Morgan fingerprint density at radius 2 is 2.13 bits per heavy atom. The number of aliphatic carboxylic acids is 1. The second-order valence-corrected chi connectivity index (χ2v) is 3.05. The van der Waals surface area contributed by atoms with Gasteiger partial charge in [-0.05, 0) is 26.2 Å². The largest absolute Gasteiger partial charge is 0.480 e. The molecule has 1 radical (unpaired) electrons. The van der Waals surface area contributed by atoms with Gasteiger partial charge in [0.2, 0.25) is 0 Å². The summed E-state index contributed by atoms with van der Waals surface area (Å²) in [5.74, 6) is -0.515. The van der Waals surface area contributed by atoms with Crippen LogP contribution in [0, 0.1) is 44.1 Å². The molecule has 1 atom stereocenters. The molecule has 0 aliphatic carbocycles. The van der Waals surface area contributed by atoms with E-state index >= 15 is 0 Å². The summed E-state index contributed by atoms with van der Waals surface area (Å²) in [6.07, 6.45) is 2.00. The number of hydrogen-bond acceptors (Lipinski definition) is 4. The van der Waals surface area contributed by atoms with Gasteiger partial charge in [0, 0.05) is 50.6 Å². The molecule has 0 aromatic rings. The first-order valence-electron chi connectivity index (χ1n) is 4.49. The van der Waals surface area contributed by atoms with Gasteiger partial charge in [-0.25, -0.2) is 0 Å². The Morgan fingerprint density at radius 1 is 1.53 bits per heavy atom. The number of rotatable bonds is 6. The molecular weight excluding hydrogens is 413 g/mol. The number of nitrogens with zero attached hydrogens (tertiary/aromatic N) is 1. The standard InChI is InChI=1S/C8H17N3O3.Ac/c1-6(11-14)10-5-3-2-4-7(9)8(12)13;/h7,14H,2-5,9H2,1H3,(H,10,11)(H,12,13);. The molecule has 0 aliphatic heterocycles. The third-order valence-electron chi connectivity index (χ3n) is 1.79. The van der Waals surface area contributed by atoms with Crippen molar-refractivity contribution in [3.63, 3.8) is 0 Å². The number of carbonyl (C=O) groups is 1.